The predicted molar refractivity (Wildman–Crippen MR) is 126 cm³/mol. The quantitative estimate of drug-likeness (QED) is 0.582. The first-order valence-electron chi connectivity index (χ1n) is 11.8. The minimum Gasteiger partial charge on any atom is -0.481 e. The van der Waals surface area contributed by atoms with E-state index in [1.807, 2.05) is 36.4 Å². The number of fused-ring (bicyclic) bond motifs is 3. The van der Waals surface area contributed by atoms with Gasteiger partial charge in [-0.25, -0.2) is 4.79 Å². The number of rotatable bonds is 8. The number of carboxylic acid groups (broad SMARTS) is 1. The second-order valence-electron chi connectivity index (χ2n) is 9.21. The van der Waals surface area contributed by atoms with Gasteiger partial charge in [-0.2, -0.15) is 0 Å². The van der Waals surface area contributed by atoms with Crippen LogP contribution in [0.1, 0.15) is 42.7 Å². The largest absolute Gasteiger partial charge is 0.481 e. The number of ether oxygens (including phenoxy) is 1. The van der Waals surface area contributed by atoms with E-state index in [9.17, 15) is 14.4 Å². The van der Waals surface area contributed by atoms with Crippen molar-refractivity contribution in [3.8, 4) is 11.1 Å². The zero-order valence-electron chi connectivity index (χ0n) is 18.9. The Morgan fingerprint density at radius 3 is 2.24 bits per heavy atom. The Hall–Kier alpha value is -3.61. The Morgan fingerprint density at radius 1 is 0.971 bits per heavy atom. The maximum atomic E-state index is 12.9. The average Bonchev–Trinajstić information content (AvgIpc) is 3.47. The second kappa shape index (κ2) is 9.33. The number of hydrogen-bond donors (Lipinski definition) is 2. The summed E-state index contributed by atoms with van der Waals surface area (Å²) in [5.41, 5.74) is 4.67. The summed E-state index contributed by atoms with van der Waals surface area (Å²) >= 11 is 0. The molecule has 0 aromatic heterocycles. The van der Waals surface area contributed by atoms with Gasteiger partial charge in [0.25, 0.3) is 0 Å². The molecule has 2 N–H and O–H groups in total. The highest BCUT2D eigenvalue weighted by Gasteiger charge is 2.37. The molecule has 1 saturated carbocycles. The van der Waals surface area contributed by atoms with Crippen LogP contribution in [0.2, 0.25) is 0 Å². The molecule has 1 fully saturated rings. The summed E-state index contributed by atoms with van der Waals surface area (Å²) < 4.78 is 5.61. The lowest BCUT2D eigenvalue weighted by Crippen LogP contribution is -2.40. The summed E-state index contributed by atoms with van der Waals surface area (Å²) in [4.78, 5) is 38.1. The van der Waals surface area contributed by atoms with Gasteiger partial charge in [-0.3, -0.25) is 9.59 Å². The van der Waals surface area contributed by atoms with Gasteiger partial charge in [0.2, 0.25) is 5.91 Å². The molecule has 2 aromatic rings. The minimum atomic E-state index is -0.907. The van der Waals surface area contributed by atoms with E-state index in [4.69, 9.17) is 9.84 Å². The molecular formula is C27H28N2O5. The lowest BCUT2D eigenvalue weighted by atomic mass is 9.98. The Kier molecular flexibility index (Phi) is 6.09. The van der Waals surface area contributed by atoms with Crippen molar-refractivity contribution >= 4 is 18.0 Å². The molecular weight excluding hydrogens is 432 g/mol. The Morgan fingerprint density at radius 2 is 1.62 bits per heavy atom. The standard InChI is InChI=1S/C27H28N2O5/c30-25(31)13-14-29(19-11-12-19)26(32)17-9-10-18(15-17)28-27(33)34-16-24-22-7-3-1-5-20(22)21-6-2-4-8-23(21)24/h1-10,17-19,24H,11-16H2,(H,28,33)(H,30,31). The molecule has 2 aromatic carbocycles. The molecule has 0 aliphatic heterocycles. The number of carboxylic acids is 1. The van der Waals surface area contributed by atoms with E-state index in [-0.39, 0.29) is 49.4 Å². The van der Waals surface area contributed by atoms with Crippen molar-refractivity contribution in [2.75, 3.05) is 13.2 Å². The summed E-state index contributed by atoms with van der Waals surface area (Å²) in [7, 11) is 0. The first kappa shape index (κ1) is 22.2. The minimum absolute atomic E-state index is 0.00654. The highest BCUT2D eigenvalue weighted by atomic mass is 16.5. The molecule has 5 rings (SSSR count). The third-order valence-corrected chi connectivity index (χ3v) is 6.89. The van der Waals surface area contributed by atoms with Gasteiger partial charge in [0.05, 0.1) is 18.4 Å². The number of benzene rings is 2. The first-order chi connectivity index (χ1) is 16.5. The SMILES string of the molecule is O=C(O)CCN(C(=O)C1C=CC(NC(=O)OCC2c3ccccc3-c3ccccc32)C1)C1CC1. The van der Waals surface area contributed by atoms with E-state index in [0.29, 0.717) is 6.42 Å². The summed E-state index contributed by atoms with van der Waals surface area (Å²) in [5.74, 6) is -1.33. The number of aliphatic carboxylic acids is 1. The van der Waals surface area contributed by atoms with Crippen molar-refractivity contribution in [1.82, 2.24) is 10.2 Å². The van der Waals surface area contributed by atoms with E-state index in [2.05, 4.69) is 29.6 Å². The van der Waals surface area contributed by atoms with Crippen LogP contribution in [0.3, 0.4) is 0 Å². The van der Waals surface area contributed by atoms with Crippen molar-refractivity contribution in [2.24, 2.45) is 5.92 Å². The molecule has 0 saturated heterocycles. The van der Waals surface area contributed by atoms with E-state index >= 15 is 0 Å². The van der Waals surface area contributed by atoms with Gasteiger partial charge in [0, 0.05) is 18.5 Å². The molecule has 7 heteroatoms. The Labute approximate surface area is 198 Å². The van der Waals surface area contributed by atoms with Crippen molar-refractivity contribution in [1.29, 1.82) is 0 Å². The second-order valence-corrected chi connectivity index (χ2v) is 9.21. The molecule has 2 unspecified atom stereocenters. The van der Waals surface area contributed by atoms with E-state index in [1.54, 1.807) is 4.90 Å². The van der Waals surface area contributed by atoms with Crippen LogP contribution in [0.4, 0.5) is 4.79 Å². The van der Waals surface area contributed by atoms with E-state index in [0.717, 1.165) is 24.0 Å². The van der Waals surface area contributed by atoms with Gasteiger partial charge >= 0.3 is 12.1 Å². The number of carbonyl (C=O) groups excluding carboxylic acids is 2. The van der Waals surface area contributed by atoms with Gasteiger partial charge in [-0.05, 0) is 41.5 Å². The van der Waals surface area contributed by atoms with Crippen LogP contribution in [0.15, 0.2) is 60.7 Å². The van der Waals surface area contributed by atoms with Crippen LogP contribution in [0.25, 0.3) is 11.1 Å². The molecule has 0 heterocycles. The predicted octanol–water partition coefficient (Wildman–Crippen LogP) is 3.94. The Bertz CT molecular complexity index is 1090. The van der Waals surface area contributed by atoms with Gasteiger partial charge < -0.3 is 20.1 Å². The third kappa shape index (κ3) is 4.55. The summed E-state index contributed by atoms with van der Waals surface area (Å²) in [6.07, 6.45) is 5.37. The maximum Gasteiger partial charge on any atom is 0.407 e. The molecule has 0 radical (unpaired) electrons. The topological polar surface area (TPSA) is 95.9 Å². The van der Waals surface area contributed by atoms with Crippen LogP contribution >= 0.6 is 0 Å². The van der Waals surface area contributed by atoms with Crippen molar-refractivity contribution in [3.05, 3.63) is 71.8 Å². The van der Waals surface area contributed by atoms with E-state index < -0.39 is 12.1 Å². The fraction of sp³-hybridized carbons (Fsp3) is 0.370. The van der Waals surface area contributed by atoms with Crippen LogP contribution in [-0.4, -0.2) is 53.2 Å². The lowest BCUT2D eigenvalue weighted by molar-refractivity contribution is -0.139. The number of nitrogens with one attached hydrogen (secondary N) is 1. The molecule has 0 bridgehead atoms. The van der Waals surface area contributed by atoms with Gasteiger partial charge in [-0.15, -0.1) is 0 Å². The smallest absolute Gasteiger partial charge is 0.407 e. The number of carbonyl (C=O) groups is 3. The summed E-state index contributed by atoms with van der Waals surface area (Å²) in [6, 6.07) is 16.2. The number of nitrogens with zero attached hydrogens (tertiary/aromatic N) is 1. The molecule has 3 aliphatic carbocycles. The number of alkyl carbamates (subject to hydrolysis) is 1. The highest BCUT2D eigenvalue weighted by molar-refractivity contribution is 5.83. The molecule has 0 spiro atoms. The van der Waals surface area contributed by atoms with Crippen molar-refractivity contribution < 1.29 is 24.2 Å². The molecule has 2 amide bonds. The lowest BCUT2D eigenvalue weighted by Gasteiger charge is -2.25. The van der Waals surface area contributed by atoms with Gasteiger partial charge in [-0.1, -0.05) is 60.7 Å². The van der Waals surface area contributed by atoms with Crippen LogP contribution < -0.4 is 5.32 Å². The normalized spacial score (nSPS) is 20.5. The molecule has 176 valence electrons. The zero-order valence-corrected chi connectivity index (χ0v) is 18.9. The summed E-state index contributed by atoms with van der Waals surface area (Å²) in [5, 5.41) is 11.8. The summed E-state index contributed by atoms with van der Waals surface area (Å²) in [6.45, 7) is 0.469. The van der Waals surface area contributed by atoms with Crippen molar-refractivity contribution in [2.45, 2.75) is 43.7 Å². The fourth-order valence-corrected chi connectivity index (χ4v) is 5.07. The fourth-order valence-electron chi connectivity index (χ4n) is 5.07. The van der Waals surface area contributed by atoms with E-state index in [1.165, 1.54) is 11.1 Å². The monoisotopic (exact) mass is 460 g/mol. The molecule has 2 atom stereocenters. The highest BCUT2D eigenvalue weighted by Crippen LogP contribution is 2.44. The van der Waals surface area contributed by atoms with Crippen LogP contribution in [-0.2, 0) is 14.3 Å². The first-order valence-corrected chi connectivity index (χ1v) is 11.8. The number of hydrogen-bond acceptors (Lipinski definition) is 4. The Balaban J connectivity index is 1.15. The molecule has 3 aliphatic rings. The van der Waals surface area contributed by atoms with Crippen LogP contribution in [0.5, 0.6) is 0 Å². The molecule has 34 heavy (non-hydrogen) atoms. The molecule has 7 nitrogen and oxygen atoms in total. The zero-order chi connectivity index (χ0) is 23.7. The van der Waals surface area contributed by atoms with Gasteiger partial charge in [0.15, 0.2) is 0 Å². The number of amides is 2. The van der Waals surface area contributed by atoms with Crippen LogP contribution in [0, 0.1) is 5.92 Å². The maximum absolute atomic E-state index is 12.9. The third-order valence-electron chi connectivity index (χ3n) is 6.89. The van der Waals surface area contributed by atoms with Crippen molar-refractivity contribution in [3.63, 3.8) is 0 Å². The van der Waals surface area contributed by atoms with Gasteiger partial charge in [0.1, 0.15) is 6.61 Å². The average molecular weight is 461 g/mol.